The van der Waals surface area contributed by atoms with Gasteiger partial charge in [0.25, 0.3) is 0 Å². The molecule has 2 unspecified atom stereocenters. The Morgan fingerprint density at radius 3 is 2.68 bits per heavy atom. The molecule has 0 aromatic heterocycles. The highest BCUT2D eigenvalue weighted by Gasteiger charge is 2.25. The Morgan fingerprint density at radius 2 is 2.05 bits per heavy atom. The van der Waals surface area contributed by atoms with Gasteiger partial charge >= 0.3 is 0 Å². The zero-order valence-corrected chi connectivity index (χ0v) is 13.6. The summed E-state index contributed by atoms with van der Waals surface area (Å²) in [4.78, 5) is 12.1. The number of benzene rings is 1. The summed E-state index contributed by atoms with van der Waals surface area (Å²) in [7, 11) is 0. The third-order valence-corrected chi connectivity index (χ3v) is 3.65. The van der Waals surface area contributed by atoms with Gasteiger partial charge in [0, 0.05) is 6.61 Å². The van der Waals surface area contributed by atoms with Crippen molar-refractivity contribution in [3.05, 3.63) is 23.8 Å². The second kappa shape index (κ2) is 8.03. The van der Waals surface area contributed by atoms with Gasteiger partial charge < -0.3 is 19.5 Å². The molecule has 5 heteroatoms. The Morgan fingerprint density at radius 1 is 1.32 bits per heavy atom. The summed E-state index contributed by atoms with van der Waals surface area (Å²) in [5.41, 5.74) is 0.984. The van der Waals surface area contributed by atoms with E-state index in [2.05, 4.69) is 5.32 Å². The van der Waals surface area contributed by atoms with E-state index in [0.29, 0.717) is 25.6 Å². The molecular weight excluding hydrogens is 282 g/mol. The first-order valence-corrected chi connectivity index (χ1v) is 7.97. The maximum atomic E-state index is 12.1. The van der Waals surface area contributed by atoms with Gasteiger partial charge in [-0.2, -0.15) is 0 Å². The quantitative estimate of drug-likeness (QED) is 0.841. The summed E-state index contributed by atoms with van der Waals surface area (Å²) in [6, 6.07) is 5.66. The fourth-order valence-electron chi connectivity index (χ4n) is 2.51. The second-order valence-electron chi connectivity index (χ2n) is 5.30. The van der Waals surface area contributed by atoms with Gasteiger partial charge in [0.05, 0.1) is 19.3 Å². The molecule has 0 aliphatic carbocycles. The number of nitrogens with one attached hydrogen (secondary N) is 1. The first-order valence-electron chi connectivity index (χ1n) is 7.97. The van der Waals surface area contributed by atoms with Crippen molar-refractivity contribution in [1.29, 1.82) is 0 Å². The summed E-state index contributed by atoms with van der Waals surface area (Å²) in [6.07, 6.45) is 1.44. The highest BCUT2D eigenvalue weighted by Crippen LogP contribution is 2.30. The summed E-state index contributed by atoms with van der Waals surface area (Å²) in [6.45, 7) is 7.66. The lowest BCUT2D eigenvalue weighted by Crippen LogP contribution is -2.35. The standard InChI is InChI=1S/C17H25NO4/c1-4-20-14-9-8-13(11-16(14)21-5-2)12(3)18-17(19)15-7-6-10-22-15/h8-9,11-12,15H,4-7,10H2,1-3H3,(H,18,19). The van der Waals surface area contributed by atoms with Crippen LogP contribution in [0.4, 0.5) is 0 Å². The van der Waals surface area contributed by atoms with Crippen molar-refractivity contribution in [2.75, 3.05) is 19.8 Å². The number of hydrogen-bond donors (Lipinski definition) is 1. The maximum absolute atomic E-state index is 12.1. The van der Waals surface area contributed by atoms with Crippen LogP contribution in [0.2, 0.25) is 0 Å². The number of rotatable bonds is 7. The molecule has 1 aromatic rings. The van der Waals surface area contributed by atoms with Gasteiger partial charge in [-0.3, -0.25) is 4.79 Å². The third-order valence-electron chi connectivity index (χ3n) is 3.65. The van der Waals surface area contributed by atoms with E-state index in [9.17, 15) is 4.79 Å². The van der Waals surface area contributed by atoms with E-state index >= 15 is 0 Å². The van der Waals surface area contributed by atoms with Crippen molar-refractivity contribution in [3.8, 4) is 11.5 Å². The lowest BCUT2D eigenvalue weighted by Gasteiger charge is -2.19. The molecule has 122 valence electrons. The molecule has 1 heterocycles. The zero-order chi connectivity index (χ0) is 15.9. The average Bonchev–Trinajstić information content (AvgIpc) is 3.04. The van der Waals surface area contributed by atoms with Crippen molar-refractivity contribution >= 4 is 5.91 Å². The lowest BCUT2D eigenvalue weighted by atomic mass is 10.1. The highest BCUT2D eigenvalue weighted by molar-refractivity contribution is 5.81. The molecule has 1 aliphatic rings. The Hall–Kier alpha value is -1.75. The monoisotopic (exact) mass is 307 g/mol. The molecule has 0 radical (unpaired) electrons. The number of carbonyl (C=O) groups excluding carboxylic acids is 1. The molecule has 1 saturated heterocycles. The van der Waals surface area contributed by atoms with Crippen LogP contribution in [0.15, 0.2) is 18.2 Å². The number of carbonyl (C=O) groups is 1. The topological polar surface area (TPSA) is 56.8 Å². The van der Waals surface area contributed by atoms with Crippen LogP contribution in [0.25, 0.3) is 0 Å². The molecule has 1 amide bonds. The van der Waals surface area contributed by atoms with Gasteiger partial charge in [-0.1, -0.05) is 6.07 Å². The molecule has 2 rings (SSSR count). The molecule has 5 nitrogen and oxygen atoms in total. The molecule has 1 N–H and O–H groups in total. The van der Waals surface area contributed by atoms with E-state index < -0.39 is 0 Å². The molecule has 0 spiro atoms. The van der Waals surface area contributed by atoms with Gasteiger partial charge in [0.2, 0.25) is 5.91 Å². The average molecular weight is 307 g/mol. The highest BCUT2D eigenvalue weighted by atomic mass is 16.5. The second-order valence-corrected chi connectivity index (χ2v) is 5.30. The van der Waals surface area contributed by atoms with Crippen LogP contribution < -0.4 is 14.8 Å². The Balaban J connectivity index is 2.06. The SMILES string of the molecule is CCOc1ccc(C(C)NC(=O)C2CCCO2)cc1OCC. The zero-order valence-electron chi connectivity index (χ0n) is 13.6. The normalized spacial score (nSPS) is 18.8. The van der Waals surface area contributed by atoms with Crippen LogP contribution in [0, 0.1) is 0 Å². The van der Waals surface area contributed by atoms with Crippen molar-refractivity contribution in [1.82, 2.24) is 5.32 Å². The largest absolute Gasteiger partial charge is 0.490 e. The van der Waals surface area contributed by atoms with E-state index in [1.165, 1.54) is 0 Å². The third kappa shape index (κ3) is 4.13. The number of ether oxygens (including phenoxy) is 3. The molecule has 1 aliphatic heterocycles. The van der Waals surface area contributed by atoms with E-state index in [1.54, 1.807) is 0 Å². The maximum Gasteiger partial charge on any atom is 0.249 e. The van der Waals surface area contributed by atoms with Gasteiger partial charge in [-0.15, -0.1) is 0 Å². The van der Waals surface area contributed by atoms with E-state index in [1.807, 2.05) is 39.0 Å². The van der Waals surface area contributed by atoms with Crippen molar-refractivity contribution in [3.63, 3.8) is 0 Å². The summed E-state index contributed by atoms with van der Waals surface area (Å²) < 4.78 is 16.6. The van der Waals surface area contributed by atoms with Crippen LogP contribution in [-0.4, -0.2) is 31.8 Å². The van der Waals surface area contributed by atoms with Crippen LogP contribution >= 0.6 is 0 Å². The summed E-state index contributed by atoms with van der Waals surface area (Å²) >= 11 is 0. The van der Waals surface area contributed by atoms with Gasteiger partial charge in [0.15, 0.2) is 11.5 Å². The predicted octanol–water partition coefficient (Wildman–Crippen LogP) is 2.84. The molecule has 0 bridgehead atoms. The minimum Gasteiger partial charge on any atom is -0.490 e. The van der Waals surface area contributed by atoms with Crippen molar-refractivity contribution in [2.24, 2.45) is 0 Å². The van der Waals surface area contributed by atoms with Crippen LogP contribution in [-0.2, 0) is 9.53 Å². The fraction of sp³-hybridized carbons (Fsp3) is 0.588. The van der Waals surface area contributed by atoms with Crippen molar-refractivity contribution < 1.29 is 19.0 Å². The van der Waals surface area contributed by atoms with Gasteiger partial charge in [-0.25, -0.2) is 0 Å². The molecular formula is C17H25NO4. The minimum absolute atomic E-state index is 0.0446. The Kier molecular flexibility index (Phi) is 6.07. The summed E-state index contributed by atoms with van der Waals surface area (Å²) in [5.74, 6) is 1.39. The van der Waals surface area contributed by atoms with Gasteiger partial charge in [0.1, 0.15) is 6.10 Å². The molecule has 0 saturated carbocycles. The first kappa shape index (κ1) is 16.6. The summed E-state index contributed by atoms with van der Waals surface area (Å²) in [5, 5.41) is 3.00. The number of amides is 1. The van der Waals surface area contributed by atoms with Crippen LogP contribution in [0.5, 0.6) is 11.5 Å². The molecule has 2 atom stereocenters. The van der Waals surface area contributed by atoms with E-state index in [-0.39, 0.29) is 18.1 Å². The molecule has 1 fully saturated rings. The predicted molar refractivity (Wildman–Crippen MR) is 84.3 cm³/mol. The van der Waals surface area contributed by atoms with E-state index in [4.69, 9.17) is 14.2 Å². The Labute approximate surface area is 131 Å². The van der Waals surface area contributed by atoms with Crippen LogP contribution in [0.1, 0.15) is 45.2 Å². The Bertz CT molecular complexity index is 497. The molecule has 1 aromatic carbocycles. The van der Waals surface area contributed by atoms with Gasteiger partial charge in [-0.05, 0) is 51.3 Å². The van der Waals surface area contributed by atoms with Crippen LogP contribution in [0.3, 0.4) is 0 Å². The smallest absolute Gasteiger partial charge is 0.249 e. The van der Waals surface area contributed by atoms with Crippen molar-refractivity contribution in [2.45, 2.75) is 45.8 Å². The lowest BCUT2D eigenvalue weighted by molar-refractivity contribution is -0.130. The van der Waals surface area contributed by atoms with E-state index in [0.717, 1.165) is 24.2 Å². The first-order chi connectivity index (χ1) is 10.7. The fourth-order valence-corrected chi connectivity index (χ4v) is 2.51. The number of hydrogen-bond acceptors (Lipinski definition) is 4. The minimum atomic E-state index is -0.309. The molecule has 22 heavy (non-hydrogen) atoms.